The van der Waals surface area contributed by atoms with Crippen molar-refractivity contribution < 1.29 is 0 Å². The summed E-state index contributed by atoms with van der Waals surface area (Å²) in [7, 11) is 1.89. The number of nitrogens with one attached hydrogen (secondary N) is 1. The van der Waals surface area contributed by atoms with Crippen molar-refractivity contribution in [3.63, 3.8) is 0 Å². The predicted molar refractivity (Wildman–Crippen MR) is 62.3 cm³/mol. The number of aromatic nitrogens is 2. The first-order chi connectivity index (χ1) is 7.02. The summed E-state index contributed by atoms with van der Waals surface area (Å²) in [4.78, 5) is 0. The molecule has 0 aliphatic carbocycles. The van der Waals surface area contributed by atoms with Crippen LogP contribution in [0.2, 0.25) is 5.15 Å². The molecular weight excluding hydrogens is 210 g/mol. The van der Waals surface area contributed by atoms with Crippen LogP contribution in [0.3, 0.4) is 0 Å². The second-order valence-electron chi connectivity index (χ2n) is 4.75. The van der Waals surface area contributed by atoms with Gasteiger partial charge in [-0.25, -0.2) is 0 Å². The number of halogens is 1. The fourth-order valence-electron chi connectivity index (χ4n) is 2.37. The van der Waals surface area contributed by atoms with Gasteiger partial charge in [0.15, 0.2) is 0 Å². The normalized spacial score (nSPS) is 26.1. The van der Waals surface area contributed by atoms with E-state index in [0.717, 1.165) is 23.8 Å². The predicted octanol–water partition coefficient (Wildman–Crippen LogP) is 2.07. The lowest BCUT2D eigenvalue weighted by Gasteiger charge is -2.24. The standard InChI is InChI=1S/C11H18ClN3/c1-8-9(10(12)15(3)14-8)7-11(2)5-4-6-13-11/h13H,4-7H2,1-3H3. The number of hydrogen-bond acceptors (Lipinski definition) is 2. The molecule has 2 heterocycles. The average Bonchev–Trinajstić information content (AvgIpc) is 2.68. The molecule has 84 valence electrons. The van der Waals surface area contributed by atoms with E-state index in [9.17, 15) is 0 Å². The minimum atomic E-state index is 0.206. The molecule has 0 radical (unpaired) electrons. The van der Waals surface area contributed by atoms with Crippen LogP contribution in [-0.2, 0) is 13.5 Å². The molecule has 1 aliphatic rings. The molecule has 0 spiro atoms. The van der Waals surface area contributed by atoms with Crippen LogP contribution in [0, 0.1) is 6.92 Å². The summed E-state index contributed by atoms with van der Waals surface area (Å²) >= 11 is 6.23. The Balaban J connectivity index is 2.23. The molecule has 3 nitrogen and oxygen atoms in total. The Morgan fingerprint density at radius 3 is 2.80 bits per heavy atom. The molecule has 0 amide bonds. The van der Waals surface area contributed by atoms with Gasteiger partial charge in [0.25, 0.3) is 0 Å². The van der Waals surface area contributed by atoms with Crippen LogP contribution in [0.15, 0.2) is 0 Å². The second kappa shape index (κ2) is 3.80. The maximum atomic E-state index is 6.23. The van der Waals surface area contributed by atoms with Crippen molar-refractivity contribution in [1.29, 1.82) is 0 Å². The SMILES string of the molecule is Cc1nn(C)c(Cl)c1CC1(C)CCCN1. The van der Waals surface area contributed by atoms with Crippen molar-refractivity contribution in [2.45, 2.75) is 38.6 Å². The second-order valence-corrected chi connectivity index (χ2v) is 5.10. The summed E-state index contributed by atoms with van der Waals surface area (Å²) in [5.41, 5.74) is 2.45. The molecule has 1 atom stereocenters. The molecule has 2 rings (SSSR count). The molecule has 1 saturated heterocycles. The highest BCUT2D eigenvalue weighted by Gasteiger charge is 2.30. The molecule has 1 aliphatic heterocycles. The van der Waals surface area contributed by atoms with Crippen LogP contribution in [0.1, 0.15) is 31.0 Å². The monoisotopic (exact) mass is 227 g/mol. The smallest absolute Gasteiger partial charge is 0.130 e. The molecule has 1 aromatic rings. The molecular formula is C11H18ClN3. The zero-order valence-corrected chi connectivity index (χ0v) is 10.4. The van der Waals surface area contributed by atoms with Crippen LogP contribution in [-0.4, -0.2) is 21.9 Å². The first-order valence-corrected chi connectivity index (χ1v) is 5.83. The van der Waals surface area contributed by atoms with E-state index in [1.165, 1.54) is 18.4 Å². The number of nitrogens with zero attached hydrogens (tertiary/aromatic N) is 2. The van der Waals surface area contributed by atoms with Gasteiger partial charge in [0.1, 0.15) is 5.15 Å². The number of rotatable bonds is 2. The van der Waals surface area contributed by atoms with E-state index in [1.54, 1.807) is 4.68 Å². The Bertz CT molecular complexity index is 364. The number of hydrogen-bond donors (Lipinski definition) is 1. The van der Waals surface area contributed by atoms with Gasteiger partial charge in [-0.05, 0) is 39.7 Å². The molecule has 1 fully saturated rings. The quantitative estimate of drug-likeness (QED) is 0.839. The minimum absolute atomic E-state index is 0.206. The Morgan fingerprint density at radius 1 is 1.60 bits per heavy atom. The molecule has 0 bridgehead atoms. The number of aryl methyl sites for hydroxylation is 2. The first kappa shape index (κ1) is 11.0. The fraction of sp³-hybridized carbons (Fsp3) is 0.727. The zero-order valence-electron chi connectivity index (χ0n) is 9.60. The highest BCUT2D eigenvalue weighted by molar-refractivity contribution is 6.30. The van der Waals surface area contributed by atoms with Gasteiger partial charge >= 0.3 is 0 Å². The van der Waals surface area contributed by atoms with E-state index in [-0.39, 0.29) is 5.54 Å². The highest BCUT2D eigenvalue weighted by Crippen LogP contribution is 2.28. The molecule has 0 aromatic carbocycles. The van der Waals surface area contributed by atoms with Crippen molar-refractivity contribution in [3.05, 3.63) is 16.4 Å². The molecule has 1 unspecified atom stereocenters. The fourth-order valence-corrected chi connectivity index (χ4v) is 2.61. The van der Waals surface area contributed by atoms with Crippen molar-refractivity contribution in [2.75, 3.05) is 6.54 Å². The van der Waals surface area contributed by atoms with E-state index in [1.807, 2.05) is 14.0 Å². The summed E-state index contributed by atoms with van der Waals surface area (Å²) in [5, 5.41) is 8.67. The van der Waals surface area contributed by atoms with Crippen LogP contribution < -0.4 is 5.32 Å². The lowest BCUT2D eigenvalue weighted by molar-refractivity contribution is 0.412. The highest BCUT2D eigenvalue weighted by atomic mass is 35.5. The van der Waals surface area contributed by atoms with E-state index in [0.29, 0.717) is 0 Å². The molecule has 1 N–H and O–H groups in total. The summed E-state index contributed by atoms with van der Waals surface area (Å²) in [6.45, 7) is 5.41. The Labute approximate surface area is 95.8 Å². The van der Waals surface area contributed by atoms with E-state index < -0.39 is 0 Å². The molecule has 1 aromatic heterocycles. The Hall–Kier alpha value is -0.540. The lowest BCUT2D eigenvalue weighted by Crippen LogP contribution is -2.38. The third kappa shape index (κ3) is 2.04. The van der Waals surface area contributed by atoms with Gasteiger partial charge in [-0.1, -0.05) is 11.6 Å². The molecule has 4 heteroatoms. The van der Waals surface area contributed by atoms with Crippen LogP contribution in [0.5, 0.6) is 0 Å². The van der Waals surface area contributed by atoms with Crippen molar-refractivity contribution in [2.24, 2.45) is 7.05 Å². The maximum absolute atomic E-state index is 6.23. The van der Waals surface area contributed by atoms with Crippen molar-refractivity contribution >= 4 is 11.6 Å². The van der Waals surface area contributed by atoms with Crippen LogP contribution >= 0.6 is 11.6 Å². The minimum Gasteiger partial charge on any atom is -0.311 e. The van der Waals surface area contributed by atoms with E-state index in [4.69, 9.17) is 11.6 Å². The lowest BCUT2D eigenvalue weighted by atomic mass is 9.92. The van der Waals surface area contributed by atoms with Gasteiger partial charge in [0, 0.05) is 18.2 Å². The van der Waals surface area contributed by atoms with E-state index in [2.05, 4.69) is 17.3 Å². The third-order valence-electron chi connectivity index (χ3n) is 3.29. The Kier molecular flexibility index (Phi) is 2.77. The topological polar surface area (TPSA) is 29.9 Å². The summed E-state index contributed by atoms with van der Waals surface area (Å²) in [5.74, 6) is 0. The third-order valence-corrected chi connectivity index (χ3v) is 3.77. The van der Waals surface area contributed by atoms with Gasteiger partial charge in [-0.3, -0.25) is 4.68 Å². The molecule has 15 heavy (non-hydrogen) atoms. The summed E-state index contributed by atoms with van der Waals surface area (Å²) < 4.78 is 1.75. The van der Waals surface area contributed by atoms with E-state index >= 15 is 0 Å². The maximum Gasteiger partial charge on any atom is 0.130 e. The van der Waals surface area contributed by atoms with Gasteiger partial charge in [-0.2, -0.15) is 5.10 Å². The van der Waals surface area contributed by atoms with Gasteiger partial charge in [0.2, 0.25) is 0 Å². The van der Waals surface area contributed by atoms with Crippen LogP contribution in [0.4, 0.5) is 0 Å². The largest absolute Gasteiger partial charge is 0.311 e. The van der Waals surface area contributed by atoms with Gasteiger partial charge in [0.05, 0.1) is 5.69 Å². The average molecular weight is 228 g/mol. The van der Waals surface area contributed by atoms with Crippen LogP contribution in [0.25, 0.3) is 0 Å². The van der Waals surface area contributed by atoms with Gasteiger partial charge in [-0.15, -0.1) is 0 Å². The zero-order chi connectivity index (χ0) is 11.1. The van der Waals surface area contributed by atoms with Crippen molar-refractivity contribution in [3.8, 4) is 0 Å². The van der Waals surface area contributed by atoms with Crippen molar-refractivity contribution in [1.82, 2.24) is 15.1 Å². The van der Waals surface area contributed by atoms with Gasteiger partial charge < -0.3 is 5.32 Å². The first-order valence-electron chi connectivity index (χ1n) is 5.45. The molecule has 0 saturated carbocycles. The summed E-state index contributed by atoms with van der Waals surface area (Å²) in [6.07, 6.45) is 3.45. The Morgan fingerprint density at radius 2 is 2.33 bits per heavy atom. The summed E-state index contributed by atoms with van der Waals surface area (Å²) in [6, 6.07) is 0.